The van der Waals surface area contributed by atoms with Gasteiger partial charge in [-0.3, -0.25) is 0 Å². The third kappa shape index (κ3) is 3.34. The Kier molecular flexibility index (Phi) is 4.34. The summed E-state index contributed by atoms with van der Waals surface area (Å²) in [5, 5.41) is 13.3. The monoisotopic (exact) mass is 275 g/mol. The maximum atomic E-state index is 11.0. The fraction of sp³-hybridized carbons (Fsp3) is 0.357. The van der Waals surface area contributed by atoms with E-state index in [2.05, 4.69) is 10.1 Å². The van der Waals surface area contributed by atoms with Crippen molar-refractivity contribution in [2.45, 2.75) is 26.8 Å². The standard InChI is InChI=1S/C14H17N3O3/c1-10-15-11(2)17(16-10)8-5-9-20-13-7-4-3-6-12(13)14(18)19/h3-4,6-7H,5,8-9H2,1-2H3,(H,18,19). The number of hydrogen-bond acceptors (Lipinski definition) is 4. The normalized spacial score (nSPS) is 10.5. The maximum Gasteiger partial charge on any atom is 0.339 e. The molecule has 1 N–H and O–H groups in total. The SMILES string of the molecule is Cc1nc(C)n(CCCOc2ccccc2C(=O)O)n1. The first kappa shape index (κ1) is 14.0. The summed E-state index contributed by atoms with van der Waals surface area (Å²) < 4.78 is 7.35. The van der Waals surface area contributed by atoms with Gasteiger partial charge in [0.2, 0.25) is 0 Å². The highest BCUT2D eigenvalue weighted by atomic mass is 16.5. The molecule has 0 atom stereocenters. The molecule has 0 bridgehead atoms. The van der Waals surface area contributed by atoms with Crippen molar-refractivity contribution in [3.8, 4) is 5.75 Å². The van der Waals surface area contributed by atoms with Crippen LogP contribution in [-0.2, 0) is 6.54 Å². The van der Waals surface area contributed by atoms with Crippen LogP contribution >= 0.6 is 0 Å². The van der Waals surface area contributed by atoms with Crippen molar-refractivity contribution >= 4 is 5.97 Å². The van der Waals surface area contributed by atoms with Gasteiger partial charge in [-0.15, -0.1) is 0 Å². The molecule has 106 valence electrons. The third-order valence-corrected chi connectivity index (χ3v) is 2.85. The van der Waals surface area contributed by atoms with E-state index in [4.69, 9.17) is 9.84 Å². The molecule has 0 aliphatic carbocycles. The first-order valence-electron chi connectivity index (χ1n) is 6.41. The number of carbonyl (C=O) groups is 1. The number of rotatable bonds is 6. The molecular formula is C14H17N3O3. The Morgan fingerprint density at radius 1 is 1.35 bits per heavy atom. The number of carboxylic acid groups (broad SMARTS) is 1. The molecule has 0 unspecified atom stereocenters. The van der Waals surface area contributed by atoms with Crippen LogP contribution in [0.25, 0.3) is 0 Å². The highest BCUT2D eigenvalue weighted by molar-refractivity contribution is 5.90. The molecule has 0 amide bonds. The molecule has 2 aromatic rings. The van der Waals surface area contributed by atoms with Crippen molar-refractivity contribution in [3.63, 3.8) is 0 Å². The molecular weight excluding hydrogens is 258 g/mol. The number of para-hydroxylation sites is 1. The molecule has 0 aliphatic rings. The number of aromatic carboxylic acids is 1. The summed E-state index contributed by atoms with van der Waals surface area (Å²) in [4.78, 5) is 15.2. The van der Waals surface area contributed by atoms with E-state index in [1.807, 2.05) is 18.5 Å². The van der Waals surface area contributed by atoms with Crippen molar-refractivity contribution in [2.24, 2.45) is 0 Å². The van der Waals surface area contributed by atoms with Crippen LogP contribution in [0.4, 0.5) is 0 Å². The van der Waals surface area contributed by atoms with Gasteiger partial charge < -0.3 is 9.84 Å². The van der Waals surface area contributed by atoms with E-state index in [-0.39, 0.29) is 5.56 Å². The van der Waals surface area contributed by atoms with Crippen LogP contribution in [0.5, 0.6) is 5.75 Å². The molecule has 2 rings (SSSR count). The summed E-state index contributed by atoms with van der Waals surface area (Å²) >= 11 is 0. The average molecular weight is 275 g/mol. The number of benzene rings is 1. The molecule has 1 aromatic heterocycles. The van der Waals surface area contributed by atoms with Crippen LogP contribution in [0.1, 0.15) is 28.4 Å². The van der Waals surface area contributed by atoms with Crippen LogP contribution in [-0.4, -0.2) is 32.4 Å². The van der Waals surface area contributed by atoms with E-state index < -0.39 is 5.97 Å². The Morgan fingerprint density at radius 3 is 2.75 bits per heavy atom. The Morgan fingerprint density at radius 2 is 2.10 bits per heavy atom. The van der Waals surface area contributed by atoms with Crippen molar-refractivity contribution in [2.75, 3.05) is 6.61 Å². The maximum absolute atomic E-state index is 11.0. The van der Waals surface area contributed by atoms with Crippen molar-refractivity contribution in [1.82, 2.24) is 14.8 Å². The van der Waals surface area contributed by atoms with Gasteiger partial charge in [-0.25, -0.2) is 14.5 Å². The zero-order valence-electron chi connectivity index (χ0n) is 11.5. The van der Waals surface area contributed by atoms with E-state index in [0.29, 0.717) is 18.9 Å². The molecule has 0 aliphatic heterocycles. The first-order valence-corrected chi connectivity index (χ1v) is 6.41. The first-order chi connectivity index (χ1) is 9.58. The summed E-state index contributed by atoms with van der Waals surface area (Å²) in [5.74, 6) is 1.03. The number of nitrogens with zero attached hydrogens (tertiary/aromatic N) is 3. The molecule has 6 heteroatoms. The Labute approximate surface area is 117 Å². The van der Waals surface area contributed by atoms with Crippen LogP contribution in [0, 0.1) is 13.8 Å². The van der Waals surface area contributed by atoms with Gasteiger partial charge in [0.05, 0.1) is 6.61 Å². The molecule has 1 aromatic carbocycles. The van der Waals surface area contributed by atoms with Gasteiger partial charge in [-0.1, -0.05) is 12.1 Å². The number of aromatic nitrogens is 3. The van der Waals surface area contributed by atoms with Gasteiger partial charge in [0.1, 0.15) is 23.0 Å². The van der Waals surface area contributed by atoms with E-state index in [1.54, 1.807) is 18.2 Å². The highest BCUT2D eigenvalue weighted by Crippen LogP contribution is 2.17. The van der Waals surface area contributed by atoms with Crippen molar-refractivity contribution < 1.29 is 14.6 Å². The molecule has 0 saturated carbocycles. The topological polar surface area (TPSA) is 77.2 Å². The lowest BCUT2D eigenvalue weighted by Crippen LogP contribution is -2.09. The Bertz CT molecular complexity index is 607. The minimum absolute atomic E-state index is 0.181. The second kappa shape index (κ2) is 6.18. The molecule has 20 heavy (non-hydrogen) atoms. The smallest absolute Gasteiger partial charge is 0.339 e. The fourth-order valence-corrected chi connectivity index (χ4v) is 1.94. The molecule has 0 saturated heterocycles. The van der Waals surface area contributed by atoms with E-state index in [0.717, 1.165) is 18.1 Å². The third-order valence-electron chi connectivity index (χ3n) is 2.85. The summed E-state index contributed by atoms with van der Waals surface area (Å²) in [6.45, 7) is 4.88. The minimum atomic E-state index is -0.983. The molecule has 0 spiro atoms. The lowest BCUT2D eigenvalue weighted by Gasteiger charge is -2.09. The van der Waals surface area contributed by atoms with Gasteiger partial charge in [0.15, 0.2) is 0 Å². The minimum Gasteiger partial charge on any atom is -0.493 e. The summed E-state index contributed by atoms with van der Waals surface area (Å²) in [6, 6.07) is 6.63. The van der Waals surface area contributed by atoms with Gasteiger partial charge in [0.25, 0.3) is 0 Å². The number of carboxylic acids is 1. The van der Waals surface area contributed by atoms with E-state index >= 15 is 0 Å². The number of aryl methyl sites for hydroxylation is 3. The van der Waals surface area contributed by atoms with Crippen LogP contribution in [0.15, 0.2) is 24.3 Å². The molecule has 1 heterocycles. The summed E-state index contributed by atoms with van der Waals surface area (Å²) in [5.41, 5.74) is 0.181. The van der Waals surface area contributed by atoms with Crippen molar-refractivity contribution in [3.05, 3.63) is 41.5 Å². The highest BCUT2D eigenvalue weighted by Gasteiger charge is 2.09. The Hall–Kier alpha value is -2.37. The molecule has 0 radical (unpaired) electrons. The second-order valence-electron chi connectivity index (χ2n) is 4.43. The van der Waals surface area contributed by atoms with Gasteiger partial charge in [0, 0.05) is 13.0 Å². The quantitative estimate of drug-likeness (QED) is 0.816. The number of hydrogen-bond donors (Lipinski definition) is 1. The predicted octanol–water partition coefficient (Wildman–Crippen LogP) is 2.06. The van der Waals surface area contributed by atoms with E-state index in [9.17, 15) is 4.79 Å². The zero-order chi connectivity index (χ0) is 14.5. The number of ether oxygens (including phenoxy) is 1. The molecule has 6 nitrogen and oxygen atoms in total. The van der Waals surface area contributed by atoms with Gasteiger partial charge in [-0.05, 0) is 26.0 Å². The second-order valence-corrected chi connectivity index (χ2v) is 4.43. The Balaban J connectivity index is 1.88. The van der Waals surface area contributed by atoms with Crippen LogP contribution in [0.3, 0.4) is 0 Å². The predicted molar refractivity (Wildman–Crippen MR) is 73.0 cm³/mol. The van der Waals surface area contributed by atoms with Crippen molar-refractivity contribution in [1.29, 1.82) is 0 Å². The largest absolute Gasteiger partial charge is 0.493 e. The average Bonchev–Trinajstić information content (AvgIpc) is 2.73. The lowest BCUT2D eigenvalue weighted by atomic mass is 10.2. The van der Waals surface area contributed by atoms with Crippen LogP contribution in [0.2, 0.25) is 0 Å². The van der Waals surface area contributed by atoms with E-state index in [1.165, 1.54) is 6.07 Å². The van der Waals surface area contributed by atoms with Gasteiger partial charge in [-0.2, -0.15) is 5.10 Å². The van der Waals surface area contributed by atoms with Crippen LogP contribution < -0.4 is 4.74 Å². The summed E-state index contributed by atoms with van der Waals surface area (Å²) in [7, 11) is 0. The zero-order valence-corrected chi connectivity index (χ0v) is 11.5. The fourth-order valence-electron chi connectivity index (χ4n) is 1.94. The van der Waals surface area contributed by atoms with Gasteiger partial charge >= 0.3 is 5.97 Å². The molecule has 0 fully saturated rings. The summed E-state index contributed by atoms with van der Waals surface area (Å²) in [6.07, 6.45) is 0.734. The lowest BCUT2D eigenvalue weighted by molar-refractivity contribution is 0.0692.